The SMILES string of the molecule is CC(C)P(c1ccccc1CNCc1ccccc1P(C(C)C)C(C)C)C(C)C.[Br][Fe][Br]. The molecule has 0 amide bonds. The second kappa shape index (κ2) is 16.4. The van der Waals surface area contributed by atoms with Crippen molar-refractivity contribution in [2.45, 2.75) is 91.1 Å². The number of rotatable bonds is 10. The van der Waals surface area contributed by atoms with Crippen LogP contribution in [0.5, 0.6) is 0 Å². The zero-order chi connectivity index (χ0) is 24.3. The molecule has 0 saturated carbocycles. The molecule has 182 valence electrons. The molecule has 0 aliphatic heterocycles. The standard InChI is InChI=1S/C26H41NP2.2BrH.Fe/c1-19(2)28(20(3)4)25-15-11-9-13-23(25)17-27-18-24-14-10-12-16-26(24)29(21(5)6)22(7)8;;;/h9-16,19-22,27H,17-18H2,1-8H3;2*1H;/q;;;+2/p-2. The average molecular weight is 645 g/mol. The van der Waals surface area contributed by atoms with Crippen LogP contribution in [0.2, 0.25) is 0 Å². The molecule has 1 N–H and O–H groups in total. The Bertz CT molecular complexity index is 704. The van der Waals surface area contributed by atoms with Crippen LogP contribution >= 0.6 is 44.1 Å². The van der Waals surface area contributed by atoms with Gasteiger partial charge in [-0.3, -0.25) is 0 Å². The number of hydrogen-bond donors (Lipinski definition) is 1. The van der Waals surface area contributed by atoms with Crippen molar-refractivity contribution in [1.29, 1.82) is 0 Å². The Labute approximate surface area is 220 Å². The zero-order valence-electron chi connectivity index (χ0n) is 20.8. The maximum atomic E-state index is 3.78. The van der Waals surface area contributed by atoms with Crippen molar-refractivity contribution in [2.24, 2.45) is 0 Å². The van der Waals surface area contributed by atoms with Gasteiger partial charge in [-0.15, -0.1) is 0 Å². The van der Waals surface area contributed by atoms with Gasteiger partial charge >= 0.3 is 39.6 Å². The molecule has 0 aliphatic carbocycles. The average Bonchev–Trinajstić information content (AvgIpc) is 2.70. The van der Waals surface area contributed by atoms with E-state index < -0.39 is 0 Å². The first-order chi connectivity index (χ1) is 15.1. The molecular formula is C26H41Br2FeNP2. The van der Waals surface area contributed by atoms with E-state index in [1.54, 1.807) is 10.6 Å². The molecule has 0 aliphatic rings. The summed E-state index contributed by atoms with van der Waals surface area (Å²) in [5.41, 5.74) is 5.82. The van der Waals surface area contributed by atoms with Crippen LogP contribution in [0.25, 0.3) is 0 Å². The van der Waals surface area contributed by atoms with Crippen molar-refractivity contribution in [2.75, 3.05) is 0 Å². The van der Waals surface area contributed by atoms with Crippen LogP contribution in [0.3, 0.4) is 0 Å². The van der Waals surface area contributed by atoms with E-state index in [0.717, 1.165) is 24.4 Å². The Morgan fingerprint density at radius 2 is 0.906 bits per heavy atom. The summed E-state index contributed by atoms with van der Waals surface area (Å²) >= 11 is 7.00. The van der Waals surface area contributed by atoms with E-state index in [-0.39, 0.29) is 15.8 Å². The molecule has 0 aromatic heterocycles. The third kappa shape index (κ3) is 9.77. The first-order valence-electron chi connectivity index (χ1n) is 11.4. The van der Waals surface area contributed by atoms with Crippen molar-refractivity contribution in [3.05, 3.63) is 59.7 Å². The van der Waals surface area contributed by atoms with E-state index in [9.17, 15) is 0 Å². The molecule has 0 saturated heterocycles. The van der Waals surface area contributed by atoms with Crippen LogP contribution in [0.1, 0.15) is 66.5 Å². The van der Waals surface area contributed by atoms with Crippen LogP contribution in [-0.2, 0) is 24.4 Å². The van der Waals surface area contributed by atoms with E-state index in [1.807, 2.05) is 0 Å². The van der Waals surface area contributed by atoms with Crippen molar-refractivity contribution in [3.8, 4) is 0 Å². The van der Waals surface area contributed by atoms with Crippen LogP contribution in [0.4, 0.5) is 0 Å². The number of hydrogen-bond acceptors (Lipinski definition) is 1. The van der Waals surface area contributed by atoms with Gasteiger partial charge in [0.25, 0.3) is 0 Å². The molecule has 0 atom stereocenters. The summed E-state index contributed by atoms with van der Waals surface area (Å²) in [6.45, 7) is 20.9. The summed E-state index contributed by atoms with van der Waals surface area (Å²) in [6, 6.07) is 18.2. The molecule has 0 fully saturated rings. The molecule has 0 spiro atoms. The Morgan fingerprint density at radius 3 is 1.19 bits per heavy atom. The first-order valence-corrected chi connectivity index (χ1v) is 19.9. The van der Waals surface area contributed by atoms with E-state index in [4.69, 9.17) is 0 Å². The fourth-order valence-corrected chi connectivity index (χ4v) is 10.6. The van der Waals surface area contributed by atoms with Gasteiger partial charge in [0.15, 0.2) is 0 Å². The van der Waals surface area contributed by atoms with Gasteiger partial charge in [-0.25, -0.2) is 0 Å². The maximum absolute atomic E-state index is 3.78. The summed E-state index contributed by atoms with van der Waals surface area (Å²) in [6.07, 6.45) is 0. The topological polar surface area (TPSA) is 12.0 Å². The first kappa shape index (κ1) is 30.8. The molecule has 0 heterocycles. The minimum absolute atomic E-state index is 0.136. The van der Waals surface area contributed by atoms with Gasteiger partial charge in [0.2, 0.25) is 0 Å². The molecule has 1 nitrogen and oxygen atoms in total. The Balaban J connectivity index is 0.00000161. The second-order valence-electron chi connectivity index (χ2n) is 9.10. The fourth-order valence-electron chi connectivity index (χ4n) is 4.46. The van der Waals surface area contributed by atoms with E-state index in [0.29, 0.717) is 22.6 Å². The third-order valence-corrected chi connectivity index (χ3v) is 11.8. The van der Waals surface area contributed by atoms with Crippen LogP contribution < -0.4 is 15.9 Å². The Morgan fingerprint density at radius 1 is 0.625 bits per heavy atom. The van der Waals surface area contributed by atoms with Crippen molar-refractivity contribution in [3.63, 3.8) is 0 Å². The second-order valence-corrected chi connectivity index (χ2v) is 21.4. The van der Waals surface area contributed by atoms with E-state index in [2.05, 4.69) is 137 Å². The van der Waals surface area contributed by atoms with Crippen molar-refractivity contribution in [1.82, 2.24) is 5.32 Å². The van der Waals surface area contributed by atoms with Gasteiger partial charge in [0.1, 0.15) is 0 Å². The molecule has 0 unspecified atom stereocenters. The minimum atomic E-state index is -0.136. The quantitative estimate of drug-likeness (QED) is 0.202. The van der Waals surface area contributed by atoms with Crippen molar-refractivity contribution < 1.29 is 11.3 Å². The summed E-state index contributed by atoms with van der Waals surface area (Å²) in [4.78, 5) is 0. The van der Waals surface area contributed by atoms with Gasteiger partial charge in [-0.1, -0.05) is 120 Å². The molecule has 2 aromatic rings. The summed E-state index contributed by atoms with van der Waals surface area (Å²) in [5, 5.41) is 6.95. The third-order valence-electron chi connectivity index (χ3n) is 5.40. The van der Waals surface area contributed by atoms with Gasteiger partial charge in [0, 0.05) is 13.1 Å². The van der Waals surface area contributed by atoms with Crippen LogP contribution in [0, 0.1) is 0 Å². The Kier molecular flexibility index (Phi) is 15.8. The molecule has 2 rings (SSSR count). The monoisotopic (exact) mass is 643 g/mol. The molecule has 0 bridgehead atoms. The number of halogens is 2. The zero-order valence-corrected chi connectivity index (χ0v) is 26.9. The molecule has 32 heavy (non-hydrogen) atoms. The summed E-state index contributed by atoms with van der Waals surface area (Å²) in [5.74, 6) is 0. The van der Waals surface area contributed by atoms with Gasteiger partial charge < -0.3 is 5.32 Å². The molecule has 2 aromatic carbocycles. The van der Waals surface area contributed by atoms with Gasteiger partial charge in [0.05, 0.1) is 0 Å². The number of benzene rings is 2. The number of nitrogens with one attached hydrogen (secondary N) is 1. The predicted octanol–water partition coefficient (Wildman–Crippen LogP) is 8.51. The summed E-state index contributed by atoms with van der Waals surface area (Å²) in [7, 11) is -0.272. The van der Waals surface area contributed by atoms with Crippen molar-refractivity contribution >= 4 is 54.7 Å². The van der Waals surface area contributed by atoms with Gasteiger partial charge in [-0.05, 0) is 44.4 Å². The Hall–Kier alpha value is 0.739. The van der Waals surface area contributed by atoms with Crippen LogP contribution in [0.15, 0.2) is 48.5 Å². The normalized spacial score (nSPS) is 11.9. The predicted molar refractivity (Wildman–Crippen MR) is 155 cm³/mol. The van der Waals surface area contributed by atoms with E-state index in [1.165, 1.54) is 11.1 Å². The molecule has 6 heteroatoms. The molecule has 0 radical (unpaired) electrons. The van der Waals surface area contributed by atoms with E-state index >= 15 is 0 Å². The van der Waals surface area contributed by atoms with Gasteiger partial charge in [-0.2, -0.15) is 0 Å². The fraction of sp³-hybridized carbons (Fsp3) is 0.538. The summed E-state index contributed by atoms with van der Waals surface area (Å²) < 4.78 is 0. The van der Waals surface area contributed by atoms with Crippen LogP contribution in [-0.4, -0.2) is 22.6 Å². The molecular weight excluding hydrogens is 604 g/mol.